The van der Waals surface area contributed by atoms with Crippen molar-refractivity contribution < 1.29 is 39.7 Å². The highest BCUT2D eigenvalue weighted by Crippen LogP contribution is 2.62. The molecule has 2 fully saturated rings. The highest BCUT2D eigenvalue weighted by atomic mass is 16.7. The van der Waals surface area contributed by atoms with Crippen LogP contribution in [0.4, 0.5) is 0 Å². The first-order valence-electron chi connectivity index (χ1n) is 11.2. The van der Waals surface area contributed by atoms with Gasteiger partial charge >= 0.3 is 0 Å². The zero-order valence-electron chi connectivity index (χ0n) is 17.7. The molecule has 1 spiro atoms. The van der Waals surface area contributed by atoms with Crippen molar-refractivity contribution in [1.29, 1.82) is 0 Å². The van der Waals surface area contributed by atoms with Crippen LogP contribution in [0, 0.1) is 5.92 Å². The Kier molecular flexibility index (Phi) is 4.65. The van der Waals surface area contributed by atoms with Crippen LogP contribution >= 0.6 is 0 Å². The van der Waals surface area contributed by atoms with E-state index in [1.54, 1.807) is 6.07 Å². The lowest BCUT2D eigenvalue weighted by Gasteiger charge is -2.57. The van der Waals surface area contributed by atoms with Gasteiger partial charge in [-0.2, -0.15) is 0 Å². The molecule has 9 heteroatoms. The highest BCUT2D eigenvalue weighted by Gasteiger charge is 2.65. The number of hydrogen-bond donors (Lipinski definition) is 5. The molecule has 1 unspecified atom stereocenters. The van der Waals surface area contributed by atoms with Crippen LogP contribution in [0.5, 0.6) is 11.5 Å². The van der Waals surface area contributed by atoms with Gasteiger partial charge in [0.15, 0.2) is 17.8 Å². The van der Waals surface area contributed by atoms with Crippen LogP contribution in [-0.2, 0) is 21.3 Å². The standard InChI is InChI=1S/C23H29NO8/c1-24-7-6-23-11-3-5-14(30-22-19(29)18(28)17(27)15(9-25)31-22)21(23)32-20-13(26)4-2-10(16(20)23)8-12(11)24/h2-5,11-12,14-15,17-19,21-22,25-29H,6-9H2,1H3/t11-,12+,14-,15+,17+,18-,19+,21-,22?,23-/m0/s1. The number of likely N-dealkylation sites (N-methyl/N-ethyl adjacent to an activating group) is 1. The Morgan fingerprint density at radius 2 is 1.97 bits per heavy atom. The van der Waals surface area contributed by atoms with E-state index in [1.807, 2.05) is 12.1 Å². The second-order valence-corrected chi connectivity index (χ2v) is 9.74. The molecule has 1 aromatic carbocycles. The predicted molar refractivity (Wildman–Crippen MR) is 110 cm³/mol. The van der Waals surface area contributed by atoms with Gasteiger partial charge < -0.3 is 44.6 Å². The van der Waals surface area contributed by atoms with Crippen LogP contribution in [0.2, 0.25) is 0 Å². The zero-order valence-corrected chi connectivity index (χ0v) is 17.7. The van der Waals surface area contributed by atoms with Gasteiger partial charge in [0.05, 0.1) is 6.61 Å². The Labute approximate surface area is 185 Å². The number of benzene rings is 1. The van der Waals surface area contributed by atoms with Gasteiger partial charge in [-0.1, -0.05) is 18.2 Å². The molecular weight excluding hydrogens is 418 g/mol. The summed E-state index contributed by atoms with van der Waals surface area (Å²) in [7, 11) is 2.14. The lowest BCUT2D eigenvalue weighted by atomic mass is 9.53. The molecule has 3 heterocycles. The number of phenolic OH excluding ortho intramolecular Hbond substituents is 1. The molecule has 0 saturated carbocycles. The number of aromatic hydroxyl groups is 1. The van der Waals surface area contributed by atoms with Crippen molar-refractivity contribution in [2.24, 2.45) is 5.92 Å². The van der Waals surface area contributed by atoms with Crippen LogP contribution in [0.25, 0.3) is 0 Å². The molecular formula is C23H29NO8. The van der Waals surface area contributed by atoms with Crippen molar-refractivity contribution in [3.63, 3.8) is 0 Å². The summed E-state index contributed by atoms with van der Waals surface area (Å²) >= 11 is 0. The highest BCUT2D eigenvalue weighted by molar-refractivity contribution is 5.61. The van der Waals surface area contributed by atoms with E-state index in [4.69, 9.17) is 14.2 Å². The van der Waals surface area contributed by atoms with Crippen molar-refractivity contribution in [1.82, 2.24) is 4.90 Å². The van der Waals surface area contributed by atoms with Crippen LogP contribution in [-0.4, -0.2) is 99.6 Å². The number of aliphatic hydroxyl groups is 4. The summed E-state index contributed by atoms with van der Waals surface area (Å²) in [6.07, 6.45) is -2.02. The van der Waals surface area contributed by atoms with Gasteiger partial charge in [-0.05, 0) is 38.1 Å². The fourth-order valence-corrected chi connectivity index (χ4v) is 6.67. The lowest BCUT2D eigenvalue weighted by Crippen LogP contribution is -2.66. The molecule has 5 N–H and O–H groups in total. The van der Waals surface area contributed by atoms with Gasteiger partial charge in [-0.3, -0.25) is 0 Å². The van der Waals surface area contributed by atoms with Gasteiger partial charge in [0, 0.05) is 22.9 Å². The molecule has 9 nitrogen and oxygen atoms in total. The number of hydrogen-bond acceptors (Lipinski definition) is 9. The monoisotopic (exact) mass is 447 g/mol. The smallest absolute Gasteiger partial charge is 0.187 e. The number of piperidine rings is 1. The summed E-state index contributed by atoms with van der Waals surface area (Å²) in [5.41, 5.74) is 1.87. The Balaban J connectivity index is 1.38. The maximum Gasteiger partial charge on any atom is 0.187 e. The molecule has 5 aliphatic rings. The molecule has 2 saturated heterocycles. The first-order chi connectivity index (χ1) is 15.4. The first-order valence-corrected chi connectivity index (χ1v) is 11.2. The lowest BCUT2D eigenvalue weighted by molar-refractivity contribution is -0.314. The minimum absolute atomic E-state index is 0.107. The van der Waals surface area contributed by atoms with E-state index in [-0.39, 0.29) is 17.1 Å². The van der Waals surface area contributed by atoms with Crippen molar-refractivity contribution in [3.05, 3.63) is 35.4 Å². The van der Waals surface area contributed by atoms with E-state index in [9.17, 15) is 25.5 Å². The summed E-state index contributed by atoms with van der Waals surface area (Å²) < 4.78 is 18.1. The number of nitrogens with zero attached hydrogens (tertiary/aromatic N) is 1. The molecule has 0 radical (unpaired) electrons. The molecule has 1 aromatic rings. The van der Waals surface area contributed by atoms with Gasteiger partial charge in [0.25, 0.3) is 0 Å². The van der Waals surface area contributed by atoms with E-state index < -0.39 is 49.5 Å². The van der Waals surface area contributed by atoms with Gasteiger partial charge in [0.1, 0.15) is 36.6 Å². The van der Waals surface area contributed by atoms with E-state index >= 15 is 0 Å². The summed E-state index contributed by atoms with van der Waals surface area (Å²) in [5, 5.41) is 50.8. The third kappa shape index (κ3) is 2.58. The summed E-state index contributed by atoms with van der Waals surface area (Å²) in [4.78, 5) is 2.38. The summed E-state index contributed by atoms with van der Waals surface area (Å²) in [5.74, 6) is 0.804. The largest absolute Gasteiger partial charge is 0.504 e. The predicted octanol–water partition coefficient (Wildman–Crippen LogP) is -0.978. The van der Waals surface area contributed by atoms with Gasteiger partial charge in [-0.15, -0.1) is 0 Å². The topological polar surface area (TPSA) is 132 Å². The normalized spacial score (nSPS) is 46.6. The molecule has 10 atom stereocenters. The molecule has 174 valence electrons. The molecule has 2 aliphatic carbocycles. The number of likely N-dealkylation sites (tertiary alicyclic amines) is 1. The van der Waals surface area contributed by atoms with Crippen LogP contribution < -0.4 is 4.74 Å². The first kappa shape index (κ1) is 20.9. The van der Waals surface area contributed by atoms with Gasteiger partial charge in [-0.25, -0.2) is 0 Å². The Hall–Kier alpha value is -1.72. The number of rotatable bonds is 3. The average molecular weight is 447 g/mol. The van der Waals surface area contributed by atoms with Crippen molar-refractivity contribution in [2.45, 2.75) is 67.2 Å². The van der Waals surface area contributed by atoms with E-state index in [1.165, 1.54) is 5.56 Å². The molecule has 2 bridgehead atoms. The third-order valence-electron chi connectivity index (χ3n) is 8.27. The second kappa shape index (κ2) is 7.14. The quantitative estimate of drug-likeness (QED) is 0.371. The van der Waals surface area contributed by atoms with Gasteiger partial charge in [0.2, 0.25) is 0 Å². The average Bonchev–Trinajstić information content (AvgIpc) is 3.14. The van der Waals surface area contributed by atoms with E-state index in [0.29, 0.717) is 11.8 Å². The second-order valence-electron chi connectivity index (χ2n) is 9.74. The molecule has 0 amide bonds. The number of ether oxygens (including phenoxy) is 3. The molecule has 0 aromatic heterocycles. The Morgan fingerprint density at radius 3 is 2.75 bits per heavy atom. The van der Waals surface area contributed by atoms with E-state index in [2.05, 4.69) is 18.0 Å². The van der Waals surface area contributed by atoms with Crippen molar-refractivity contribution in [2.75, 3.05) is 20.2 Å². The minimum atomic E-state index is -1.51. The fraction of sp³-hybridized carbons (Fsp3) is 0.652. The fourth-order valence-electron chi connectivity index (χ4n) is 6.67. The summed E-state index contributed by atoms with van der Waals surface area (Å²) in [6.45, 7) is 0.365. The zero-order chi connectivity index (χ0) is 22.4. The Morgan fingerprint density at radius 1 is 1.16 bits per heavy atom. The summed E-state index contributed by atoms with van der Waals surface area (Å²) in [6, 6.07) is 3.97. The number of aliphatic hydroxyl groups excluding tert-OH is 4. The molecule has 3 aliphatic heterocycles. The molecule has 6 rings (SSSR count). The van der Waals surface area contributed by atoms with Crippen LogP contribution in [0.3, 0.4) is 0 Å². The third-order valence-corrected chi connectivity index (χ3v) is 8.27. The van der Waals surface area contributed by atoms with E-state index in [0.717, 1.165) is 24.9 Å². The van der Waals surface area contributed by atoms with Crippen molar-refractivity contribution >= 4 is 0 Å². The maximum absolute atomic E-state index is 10.6. The van der Waals surface area contributed by atoms with Crippen LogP contribution in [0.1, 0.15) is 17.5 Å². The SMILES string of the molecule is CN1CC[C@]23c4c5ccc(O)c4O[C@H]2[C@@H](OC2O[C@H](CO)[C@@H](O)[C@H](O)[C@H]2O)C=C[C@H]3[C@H]1C5. The maximum atomic E-state index is 10.6. The molecule has 32 heavy (non-hydrogen) atoms. The number of phenols is 1. The van der Waals surface area contributed by atoms with Crippen molar-refractivity contribution in [3.8, 4) is 11.5 Å². The Bertz CT molecular complexity index is 952. The minimum Gasteiger partial charge on any atom is -0.504 e. The van der Waals surface area contributed by atoms with Crippen LogP contribution in [0.15, 0.2) is 24.3 Å².